The van der Waals surface area contributed by atoms with Gasteiger partial charge in [0.05, 0.1) is 4.83 Å². The predicted octanol–water partition coefficient (Wildman–Crippen LogP) is 6.34. The zero-order valence-electron chi connectivity index (χ0n) is 13.3. The van der Waals surface area contributed by atoms with E-state index in [9.17, 15) is 0 Å². The second kappa shape index (κ2) is 5.89. The molecule has 1 aliphatic carbocycles. The Hall–Kier alpha value is -0.600. The molecule has 3 rings (SSSR count). The summed E-state index contributed by atoms with van der Waals surface area (Å²) in [4.78, 5) is 3.45. The Kier molecular flexibility index (Phi) is 4.29. The Balaban J connectivity index is 2.06. The lowest BCUT2D eigenvalue weighted by atomic mass is 9.91. The third-order valence-electron chi connectivity index (χ3n) is 4.94. The molecule has 1 unspecified atom stereocenters. The molecular formula is C19H23BrS. The standard InChI is InChI=1S/C19H23BrS/c1-11-9-12(2)14(4)18(13(11)3)19(20)17-10-15-7-5-6-8-16(15)21-17/h9-10,19H,5-8H2,1-4H3. The van der Waals surface area contributed by atoms with Crippen molar-refractivity contribution in [3.8, 4) is 0 Å². The lowest BCUT2D eigenvalue weighted by Crippen LogP contribution is -2.02. The molecule has 1 aliphatic rings. The monoisotopic (exact) mass is 362 g/mol. The molecule has 0 fully saturated rings. The van der Waals surface area contributed by atoms with Crippen molar-refractivity contribution < 1.29 is 0 Å². The minimum absolute atomic E-state index is 0.340. The summed E-state index contributed by atoms with van der Waals surface area (Å²) in [7, 11) is 0. The number of aryl methyl sites for hydroxylation is 4. The van der Waals surface area contributed by atoms with Crippen LogP contribution in [0.25, 0.3) is 0 Å². The van der Waals surface area contributed by atoms with Gasteiger partial charge in [0, 0.05) is 9.75 Å². The third kappa shape index (κ3) is 2.73. The molecule has 0 radical (unpaired) electrons. The van der Waals surface area contributed by atoms with Crippen molar-refractivity contribution in [2.45, 2.75) is 58.2 Å². The minimum atomic E-state index is 0.340. The van der Waals surface area contributed by atoms with Gasteiger partial charge in [0.25, 0.3) is 0 Å². The van der Waals surface area contributed by atoms with E-state index >= 15 is 0 Å². The Morgan fingerprint density at radius 3 is 2.19 bits per heavy atom. The molecule has 0 saturated heterocycles. The molecule has 1 heterocycles. The molecule has 1 aromatic heterocycles. The van der Waals surface area contributed by atoms with Gasteiger partial charge in [0.1, 0.15) is 0 Å². The van der Waals surface area contributed by atoms with Crippen LogP contribution >= 0.6 is 27.3 Å². The fraction of sp³-hybridized carbons (Fsp3) is 0.474. The van der Waals surface area contributed by atoms with Crippen molar-refractivity contribution >= 4 is 27.3 Å². The van der Waals surface area contributed by atoms with Gasteiger partial charge < -0.3 is 0 Å². The highest BCUT2D eigenvalue weighted by Gasteiger charge is 2.22. The van der Waals surface area contributed by atoms with Crippen molar-refractivity contribution in [3.63, 3.8) is 0 Å². The third-order valence-corrected chi connectivity index (χ3v) is 7.50. The van der Waals surface area contributed by atoms with Gasteiger partial charge in [-0.1, -0.05) is 22.0 Å². The molecule has 2 heteroatoms. The first-order chi connectivity index (χ1) is 9.99. The van der Waals surface area contributed by atoms with Crippen LogP contribution in [0.15, 0.2) is 12.1 Å². The van der Waals surface area contributed by atoms with Crippen molar-refractivity contribution in [2.24, 2.45) is 0 Å². The highest BCUT2D eigenvalue weighted by Crippen LogP contribution is 2.42. The SMILES string of the molecule is Cc1cc(C)c(C)c(C(Br)c2cc3c(s2)CCCC3)c1C. The smallest absolute Gasteiger partial charge is 0.0743 e. The minimum Gasteiger partial charge on any atom is -0.144 e. The zero-order valence-corrected chi connectivity index (χ0v) is 15.7. The average Bonchev–Trinajstić information content (AvgIpc) is 2.89. The highest BCUT2D eigenvalue weighted by atomic mass is 79.9. The summed E-state index contributed by atoms with van der Waals surface area (Å²) in [6.45, 7) is 8.98. The van der Waals surface area contributed by atoms with Crippen LogP contribution in [0.3, 0.4) is 0 Å². The molecule has 0 N–H and O–H groups in total. The van der Waals surface area contributed by atoms with E-state index in [-0.39, 0.29) is 0 Å². The van der Waals surface area contributed by atoms with E-state index in [4.69, 9.17) is 0 Å². The second-order valence-corrected chi connectivity index (χ2v) is 8.42. The molecule has 1 aromatic carbocycles. The molecule has 0 amide bonds. The second-order valence-electron chi connectivity index (χ2n) is 6.34. The van der Waals surface area contributed by atoms with Crippen LogP contribution in [0, 0.1) is 27.7 Å². The maximum Gasteiger partial charge on any atom is 0.0743 e. The van der Waals surface area contributed by atoms with Crippen LogP contribution in [-0.4, -0.2) is 0 Å². The number of thiophene rings is 1. The number of alkyl halides is 1. The molecule has 0 nitrogen and oxygen atoms in total. The van der Waals surface area contributed by atoms with Crippen molar-refractivity contribution in [1.29, 1.82) is 0 Å². The molecule has 0 aliphatic heterocycles. The van der Waals surface area contributed by atoms with Crippen LogP contribution in [0.2, 0.25) is 0 Å². The van der Waals surface area contributed by atoms with Gasteiger partial charge in [-0.05, 0) is 92.8 Å². The molecule has 2 aromatic rings. The topological polar surface area (TPSA) is 0 Å². The summed E-state index contributed by atoms with van der Waals surface area (Å²) >= 11 is 6.02. The first kappa shape index (κ1) is 15.3. The Morgan fingerprint density at radius 1 is 0.952 bits per heavy atom. The Labute approximate surface area is 140 Å². The molecule has 0 spiro atoms. The summed E-state index contributed by atoms with van der Waals surface area (Å²) in [5.41, 5.74) is 8.76. The van der Waals surface area contributed by atoms with Gasteiger partial charge in [-0.15, -0.1) is 11.3 Å². The fourth-order valence-corrected chi connectivity index (χ4v) is 5.75. The maximum absolute atomic E-state index is 4.00. The average molecular weight is 363 g/mol. The lowest BCUT2D eigenvalue weighted by Gasteiger charge is -2.19. The van der Waals surface area contributed by atoms with E-state index in [1.807, 2.05) is 11.3 Å². The van der Waals surface area contributed by atoms with Gasteiger partial charge in [-0.25, -0.2) is 0 Å². The summed E-state index contributed by atoms with van der Waals surface area (Å²) in [6, 6.07) is 4.77. The molecule has 112 valence electrons. The number of rotatable bonds is 2. The van der Waals surface area contributed by atoms with E-state index < -0.39 is 0 Å². The first-order valence-electron chi connectivity index (χ1n) is 7.82. The van der Waals surface area contributed by atoms with Crippen LogP contribution < -0.4 is 0 Å². The molecular weight excluding hydrogens is 340 g/mol. The summed E-state index contributed by atoms with van der Waals surface area (Å²) in [5.74, 6) is 0. The van der Waals surface area contributed by atoms with Crippen LogP contribution in [0.4, 0.5) is 0 Å². The zero-order chi connectivity index (χ0) is 15.1. The summed E-state index contributed by atoms with van der Waals surface area (Å²) in [6.07, 6.45) is 5.28. The van der Waals surface area contributed by atoms with E-state index in [2.05, 4.69) is 55.8 Å². The predicted molar refractivity (Wildman–Crippen MR) is 97.1 cm³/mol. The quantitative estimate of drug-likeness (QED) is 0.546. The molecule has 1 atom stereocenters. The Morgan fingerprint density at radius 2 is 1.57 bits per heavy atom. The fourth-order valence-electron chi connectivity index (χ4n) is 3.41. The molecule has 0 bridgehead atoms. The lowest BCUT2D eigenvalue weighted by molar-refractivity contribution is 0.697. The van der Waals surface area contributed by atoms with E-state index in [1.54, 1.807) is 10.4 Å². The van der Waals surface area contributed by atoms with Gasteiger partial charge in [-0.2, -0.15) is 0 Å². The maximum atomic E-state index is 4.00. The number of hydrogen-bond acceptors (Lipinski definition) is 1. The van der Waals surface area contributed by atoms with Gasteiger partial charge in [0.2, 0.25) is 0 Å². The van der Waals surface area contributed by atoms with Gasteiger partial charge in [0.15, 0.2) is 0 Å². The van der Waals surface area contributed by atoms with Crippen LogP contribution in [0.5, 0.6) is 0 Å². The molecule has 21 heavy (non-hydrogen) atoms. The summed E-state index contributed by atoms with van der Waals surface area (Å²) < 4.78 is 0. The first-order valence-corrected chi connectivity index (χ1v) is 9.55. The number of hydrogen-bond donors (Lipinski definition) is 0. The van der Waals surface area contributed by atoms with Gasteiger partial charge in [-0.3, -0.25) is 0 Å². The van der Waals surface area contributed by atoms with Crippen molar-refractivity contribution in [2.75, 3.05) is 0 Å². The Bertz CT molecular complexity index is 632. The molecule has 0 saturated carbocycles. The van der Waals surface area contributed by atoms with Gasteiger partial charge >= 0.3 is 0 Å². The summed E-state index contributed by atoms with van der Waals surface area (Å²) in [5, 5.41) is 0. The largest absolute Gasteiger partial charge is 0.144 e. The van der Waals surface area contributed by atoms with E-state index in [0.717, 1.165) is 0 Å². The number of benzene rings is 1. The van der Waals surface area contributed by atoms with Crippen LogP contribution in [-0.2, 0) is 12.8 Å². The number of halogens is 1. The van der Waals surface area contributed by atoms with E-state index in [1.165, 1.54) is 58.4 Å². The normalized spacial score (nSPS) is 15.9. The van der Waals surface area contributed by atoms with Crippen molar-refractivity contribution in [1.82, 2.24) is 0 Å². The van der Waals surface area contributed by atoms with Crippen LogP contribution in [0.1, 0.15) is 60.8 Å². The van der Waals surface area contributed by atoms with E-state index in [0.29, 0.717) is 4.83 Å². The van der Waals surface area contributed by atoms with Crippen molar-refractivity contribution in [3.05, 3.63) is 55.3 Å². The number of fused-ring (bicyclic) bond motifs is 1. The highest BCUT2D eigenvalue weighted by molar-refractivity contribution is 9.09.